The van der Waals surface area contributed by atoms with Crippen molar-refractivity contribution >= 4 is 12.6 Å². The van der Waals surface area contributed by atoms with Gasteiger partial charge < -0.3 is 0 Å². The Morgan fingerprint density at radius 2 is 1.94 bits per heavy atom. The summed E-state index contributed by atoms with van der Waals surface area (Å²) in [6.07, 6.45) is 5.60. The molecule has 0 bridgehead atoms. The molecule has 0 aliphatic rings. The van der Waals surface area contributed by atoms with E-state index >= 15 is 0 Å². The number of carbonyl (C=O) groups excluding carboxylic acids is 2. The van der Waals surface area contributed by atoms with Crippen molar-refractivity contribution < 1.29 is 14.4 Å². The molecule has 0 saturated heterocycles. The molecule has 1 rings (SSSR count). The molecule has 0 aromatic heterocycles. The fourth-order valence-corrected chi connectivity index (χ4v) is 1.24. The second-order valence-corrected chi connectivity index (χ2v) is 3.49. The molecule has 18 heavy (non-hydrogen) atoms. The van der Waals surface area contributed by atoms with Crippen molar-refractivity contribution in [3.63, 3.8) is 0 Å². The Labute approximate surface area is 106 Å². The summed E-state index contributed by atoms with van der Waals surface area (Å²) >= 11 is 0. The van der Waals surface area contributed by atoms with Crippen LogP contribution in [0.5, 0.6) is 0 Å². The molecule has 0 radical (unpaired) electrons. The van der Waals surface area contributed by atoms with Crippen molar-refractivity contribution in [1.82, 2.24) is 5.06 Å². The van der Waals surface area contributed by atoms with Crippen LogP contribution in [0.25, 0.3) is 0 Å². The van der Waals surface area contributed by atoms with Gasteiger partial charge in [0.15, 0.2) is 6.29 Å². The number of hydrogen-bond acceptors (Lipinski definition) is 4. The van der Waals surface area contributed by atoms with Crippen molar-refractivity contribution in [2.24, 2.45) is 0 Å². The number of hydroxylamine groups is 2. The number of hydrogen-bond donors (Lipinski definition) is 0. The maximum atomic E-state index is 10.8. The standard InChI is InChI=1S/C14H15NO3/c1-15(14(11-17)9-5-6-10-16)18-12-13-7-3-2-4-8-13/h2-11H,12H2,1H3/b6-5-,14-9-. The number of rotatable bonds is 7. The highest BCUT2D eigenvalue weighted by Crippen LogP contribution is 2.05. The Morgan fingerprint density at radius 1 is 1.22 bits per heavy atom. The highest BCUT2D eigenvalue weighted by Gasteiger charge is 2.03. The summed E-state index contributed by atoms with van der Waals surface area (Å²) in [6, 6.07) is 9.63. The van der Waals surface area contributed by atoms with Gasteiger partial charge in [-0.05, 0) is 17.7 Å². The fourth-order valence-electron chi connectivity index (χ4n) is 1.24. The highest BCUT2D eigenvalue weighted by molar-refractivity contribution is 5.73. The second kappa shape index (κ2) is 7.97. The fraction of sp³-hybridized carbons (Fsp3) is 0.143. The van der Waals surface area contributed by atoms with Crippen LogP contribution < -0.4 is 0 Å². The molecule has 0 unspecified atom stereocenters. The number of nitrogens with zero attached hydrogens (tertiary/aromatic N) is 1. The predicted octanol–water partition coefficient (Wildman–Crippen LogP) is 1.89. The molecule has 1 aromatic carbocycles. The smallest absolute Gasteiger partial charge is 0.168 e. The first-order chi connectivity index (χ1) is 8.77. The molecule has 0 amide bonds. The molecule has 4 heteroatoms. The van der Waals surface area contributed by atoms with Crippen molar-refractivity contribution in [3.05, 3.63) is 59.8 Å². The van der Waals surface area contributed by atoms with E-state index in [-0.39, 0.29) is 0 Å². The van der Waals surface area contributed by atoms with Crippen molar-refractivity contribution in [1.29, 1.82) is 0 Å². The average molecular weight is 245 g/mol. The van der Waals surface area contributed by atoms with Gasteiger partial charge in [-0.2, -0.15) is 0 Å². The lowest BCUT2D eigenvalue weighted by atomic mass is 10.2. The molecule has 94 valence electrons. The Balaban J connectivity index is 2.55. The minimum absolute atomic E-state index is 0.337. The molecular formula is C14H15NO3. The van der Waals surface area contributed by atoms with Gasteiger partial charge in [0.25, 0.3) is 0 Å². The molecule has 0 saturated carbocycles. The van der Waals surface area contributed by atoms with E-state index in [1.54, 1.807) is 7.05 Å². The molecular weight excluding hydrogens is 230 g/mol. The lowest BCUT2D eigenvalue weighted by Crippen LogP contribution is -2.19. The van der Waals surface area contributed by atoms with E-state index < -0.39 is 0 Å². The number of aldehydes is 2. The minimum Gasteiger partial charge on any atom is -0.299 e. The van der Waals surface area contributed by atoms with Gasteiger partial charge >= 0.3 is 0 Å². The first kappa shape index (κ1) is 13.9. The van der Waals surface area contributed by atoms with Gasteiger partial charge in [-0.1, -0.05) is 36.4 Å². The average Bonchev–Trinajstić information content (AvgIpc) is 2.42. The maximum Gasteiger partial charge on any atom is 0.168 e. The maximum absolute atomic E-state index is 10.8. The number of likely N-dealkylation sites (N-methyl/N-ethyl adjacent to an activating group) is 1. The van der Waals surface area contributed by atoms with Crippen LogP contribution >= 0.6 is 0 Å². The Hall–Kier alpha value is -2.20. The van der Waals surface area contributed by atoms with Crippen molar-refractivity contribution in [3.8, 4) is 0 Å². The van der Waals surface area contributed by atoms with Crippen LogP contribution in [0.15, 0.2) is 54.3 Å². The van der Waals surface area contributed by atoms with Gasteiger partial charge in [0.2, 0.25) is 0 Å². The summed E-state index contributed by atoms with van der Waals surface area (Å²) in [5.41, 5.74) is 1.35. The zero-order valence-electron chi connectivity index (χ0n) is 10.2. The van der Waals surface area contributed by atoms with E-state index in [4.69, 9.17) is 4.84 Å². The predicted molar refractivity (Wildman–Crippen MR) is 68.3 cm³/mol. The normalized spacial score (nSPS) is 11.5. The highest BCUT2D eigenvalue weighted by atomic mass is 16.7. The Kier molecular flexibility index (Phi) is 6.14. The van der Waals surface area contributed by atoms with E-state index in [0.717, 1.165) is 5.56 Å². The Bertz CT molecular complexity index is 438. The molecule has 0 aliphatic carbocycles. The molecule has 0 heterocycles. The van der Waals surface area contributed by atoms with Gasteiger partial charge in [-0.3, -0.25) is 19.5 Å². The largest absolute Gasteiger partial charge is 0.299 e. The Morgan fingerprint density at radius 3 is 2.56 bits per heavy atom. The third-order valence-electron chi connectivity index (χ3n) is 2.21. The number of carbonyl (C=O) groups is 2. The lowest BCUT2D eigenvalue weighted by molar-refractivity contribution is -0.134. The van der Waals surface area contributed by atoms with Crippen molar-refractivity contribution in [2.75, 3.05) is 7.05 Å². The summed E-state index contributed by atoms with van der Waals surface area (Å²) in [6.45, 7) is 0.375. The summed E-state index contributed by atoms with van der Waals surface area (Å²) < 4.78 is 0. The van der Waals surface area contributed by atoms with Crippen LogP contribution in [0.3, 0.4) is 0 Å². The second-order valence-electron chi connectivity index (χ2n) is 3.49. The minimum atomic E-state index is 0.337. The molecule has 0 aliphatic heterocycles. The summed E-state index contributed by atoms with van der Waals surface area (Å²) in [7, 11) is 1.64. The summed E-state index contributed by atoms with van der Waals surface area (Å²) in [5, 5.41) is 1.37. The van der Waals surface area contributed by atoms with Gasteiger partial charge in [-0.25, -0.2) is 0 Å². The molecule has 1 aromatic rings. The third-order valence-corrected chi connectivity index (χ3v) is 2.21. The summed E-state index contributed by atoms with van der Waals surface area (Å²) in [5.74, 6) is 0. The number of allylic oxidation sites excluding steroid dienone is 4. The zero-order chi connectivity index (χ0) is 13.2. The van der Waals surface area contributed by atoms with Crippen LogP contribution in [0.2, 0.25) is 0 Å². The SMILES string of the molecule is CN(OCc1ccccc1)/C(C=O)=C\C=C/C=O. The number of benzene rings is 1. The first-order valence-electron chi connectivity index (χ1n) is 5.46. The molecule has 0 spiro atoms. The van der Waals surface area contributed by atoms with Gasteiger partial charge in [0.05, 0.1) is 6.61 Å². The topological polar surface area (TPSA) is 46.6 Å². The summed E-state index contributed by atoms with van der Waals surface area (Å²) in [4.78, 5) is 26.4. The third kappa shape index (κ3) is 4.76. The van der Waals surface area contributed by atoms with Crippen LogP contribution in [-0.4, -0.2) is 24.7 Å². The van der Waals surface area contributed by atoms with Crippen molar-refractivity contribution in [2.45, 2.75) is 6.61 Å². The first-order valence-corrected chi connectivity index (χ1v) is 5.46. The zero-order valence-corrected chi connectivity index (χ0v) is 10.2. The van der Waals surface area contributed by atoms with Gasteiger partial charge in [0, 0.05) is 7.05 Å². The van der Waals surface area contributed by atoms with E-state index in [0.29, 0.717) is 24.9 Å². The lowest BCUT2D eigenvalue weighted by Gasteiger charge is -2.17. The molecule has 0 fully saturated rings. The van der Waals surface area contributed by atoms with E-state index in [2.05, 4.69) is 0 Å². The van der Waals surface area contributed by atoms with E-state index in [9.17, 15) is 9.59 Å². The van der Waals surface area contributed by atoms with Gasteiger partial charge in [-0.15, -0.1) is 0 Å². The van der Waals surface area contributed by atoms with Crippen LogP contribution in [0, 0.1) is 0 Å². The monoisotopic (exact) mass is 245 g/mol. The van der Waals surface area contributed by atoms with Crippen LogP contribution in [0.1, 0.15) is 5.56 Å². The molecule has 0 atom stereocenters. The van der Waals surface area contributed by atoms with Crippen LogP contribution in [-0.2, 0) is 21.0 Å². The van der Waals surface area contributed by atoms with E-state index in [1.165, 1.54) is 23.3 Å². The quantitative estimate of drug-likeness (QED) is 0.318. The van der Waals surface area contributed by atoms with E-state index in [1.807, 2.05) is 30.3 Å². The molecule has 0 N–H and O–H groups in total. The molecule has 4 nitrogen and oxygen atoms in total. The van der Waals surface area contributed by atoms with Gasteiger partial charge in [0.1, 0.15) is 12.0 Å². The van der Waals surface area contributed by atoms with Crippen LogP contribution in [0.4, 0.5) is 0 Å².